The molecule has 1 heterocycles. The molecule has 1 unspecified atom stereocenters. The number of para-hydroxylation sites is 1. The maximum atomic E-state index is 11.9. The summed E-state index contributed by atoms with van der Waals surface area (Å²) in [6.07, 6.45) is 0.815. The molecule has 2 N–H and O–H groups in total. The highest BCUT2D eigenvalue weighted by atomic mass is 16.2. The van der Waals surface area contributed by atoms with Crippen molar-refractivity contribution in [1.29, 1.82) is 0 Å². The van der Waals surface area contributed by atoms with Gasteiger partial charge in [-0.2, -0.15) is 4.68 Å². The van der Waals surface area contributed by atoms with E-state index in [1.54, 1.807) is 24.3 Å². The molecule has 2 aromatic rings. The Morgan fingerprint density at radius 1 is 1.42 bits per heavy atom. The predicted molar refractivity (Wildman–Crippen MR) is 71.4 cm³/mol. The fourth-order valence-electron chi connectivity index (χ4n) is 1.57. The smallest absolute Gasteiger partial charge is 0.347 e. The molecule has 0 aliphatic carbocycles. The van der Waals surface area contributed by atoms with Gasteiger partial charge in [-0.1, -0.05) is 25.1 Å². The van der Waals surface area contributed by atoms with Crippen molar-refractivity contribution in [3.8, 4) is 5.69 Å². The number of hydrogen-bond acceptors (Lipinski definition) is 3. The highest BCUT2D eigenvalue weighted by Gasteiger charge is 2.15. The van der Waals surface area contributed by atoms with Crippen molar-refractivity contribution in [1.82, 2.24) is 20.1 Å². The lowest BCUT2D eigenvalue weighted by atomic mass is 10.2. The molecule has 0 aliphatic rings. The second-order valence-corrected chi connectivity index (χ2v) is 4.31. The van der Waals surface area contributed by atoms with Crippen LogP contribution >= 0.6 is 0 Å². The molecule has 0 spiro atoms. The number of rotatable bonds is 4. The van der Waals surface area contributed by atoms with Gasteiger partial charge in [-0.25, -0.2) is 4.79 Å². The Bertz CT molecular complexity index is 615. The number of benzene rings is 1. The molecular weight excluding hydrogens is 244 g/mol. The second-order valence-electron chi connectivity index (χ2n) is 4.31. The molecule has 100 valence electrons. The minimum absolute atomic E-state index is 0.0224. The number of carbonyl (C=O) groups excluding carboxylic acids is 1. The molecule has 0 radical (unpaired) electrons. The molecule has 0 saturated heterocycles. The van der Waals surface area contributed by atoms with Gasteiger partial charge in [0.1, 0.15) is 0 Å². The molecule has 0 saturated carbocycles. The van der Waals surface area contributed by atoms with Crippen LogP contribution in [0.15, 0.2) is 35.1 Å². The minimum Gasteiger partial charge on any atom is -0.347 e. The van der Waals surface area contributed by atoms with Crippen molar-refractivity contribution in [3.05, 3.63) is 46.6 Å². The van der Waals surface area contributed by atoms with Crippen LogP contribution in [0.3, 0.4) is 0 Å². The number of aromatic nitrogens is 3. The monoisotopic (exact) mass is 260 g/mol. The van der Waals surface area contributed by atoms with E-state index < -0.39 is 5.69 Å². The molecule has 2 rings (SSSR count). The van der Waals surface area contributed by atoms with Gasteiger partial charge in [-0.3, -0.25) is 9.78 Å². The number of nitrogens with zero attached hydrogens (tertiary/aromatic N) is 2. The van der Waals surface area contributed by atoms with Gasteiger partial charge in [-0.15, -0.1) is 5.10 Å². The summed E-state index contributed by atoms with van der Waals surface area (Å²) in [5, 5.41) is 6.76. The summed E-state index contributed by atoms with van der Waals surface area (Å²) in [4.78, 5) is 26.1. The van der Waals surface area contributed by atoms with Gasteiger partial charge in [-0.05, 0) is 25.5 Å². The van der Waals surface area contributed by atoms with Crippen molar-refractivity contribution in [2.75, 3.05) is 0 Å². The third-order valence-corrected chi connectivity index (χ3v) is 2.82. The summed E-state index contributed by atoms with van der Waals surface area (Å²) in [6.45, 7) is 3.86. The van der Waals surface area contributed by atoms with E-state index in [4.69, 9.17) is 0 Å². The highest BCUT2D eigenvalue weighted by molar-refractivity contribution is 5.90. The van der Waals surface area contributed by atoms with E-state index >= 15 is 0 Å². The summed E-state index contributed by atoms with van der Waals surface area (Å²) >= 11 is 0. The average molecular weight is 260 g/mol. The zero-order valence-corrected chi connectivity index (χ0v) is 10.9. The van der Waals surface area contributed by atoms with Crippen molar-refractivity contribution < 1.29 is 4.79 Å². The maximum Gasteiger partial charge on any atom is 0.348 e. The van der Waals surface area contributed by atoms with E-state index in [0.29, 0.717) is 5.69 Å². The van der Waals surface area contributed by atoms with Crippen LogP contribution in [-0.2, 0) is 0 Å². The number of nitrogens with one attached hydrogen (secondary N) is 2. The first kappa shape index (κ1) is 13.1. The van der Waals surface area contributed by atoms with Crippen LogP contribution in [-0.4, -0.2) is 26.7 Å². The fourth-order valence-corrected chi connectivity index (χ4v) is 1.57. The van der Waals surface area contributed by atoms with E-state index in [2.05, 4.69) is 15.4 Å². The Hall–Kier alpha value is -2.37. The number of amides is 1. The first-order valence-electron chi connectivity index (χ1n) is 6.17. The molecule has 1 aromatic carbocycles. The zero-order valence-electron chi connectivity index (χ0n) is 10.9. The highest BCUT2D eigenvalue weighted by Crippen LogP contribution is 2.02. The molecular formula is C13H16N4O2. The van der Waals surface area contributed by atoms with Gasteiger partial charge in [0.15, 0.2) is 0 Å². The van der Waals surface area contributed by atoms with Gasteiger partial charge in [0, 0.05) is 6.04 Å². The third kappa shape index (κ3) is 2.90. The first-order valence-corrected chi connectivity index (χ1v) is 6.17. The fraction of sp³-hybridized carbons (Fsp3) is 0.308. The van der Waals surface area contributed by atoms with Crippen LogP contribution in [0.5, 0.6) is 0 Å². The normalized spacial score (nSPS) is 12.1. The van der Waals surface area contributed by atoms with Gasteiger partial charge in [0.2, 0.25) is 5.82 Å². The number of aromatic amines is 1. The molecule has 0 bridgehead atoms. The molecule has 0 aliphatic heterocycles. The third-order valence-electron chi connectivity index (χ3n) is 2.82. The SMILES string of the molecule is CCC(C)NC(=O)c1nn(-c2ccccc2)c(=O)[nH]1. The van der Waals surface area contributed by atoms with Crippen LogP contribution in [0, 0.1) is 0 Å². The second kappa shape index (κ2) is 5.51. The molecule has 1 amide bonds. The van der Waals surface area contributed by atoms with Gasteiger partial charge in [0.25, 0.3) is 5.91 Å². The Kier molecular flexibility index (Phi) is 3.79. The number of H-pyrrole nitrogens is 1. The molecule has 1 aromatic heterocycles. The minimum atomic E-state index is -0.430. The quantitative estimate of drug-likeness (QED) is 0.863. The summed E-state index contributed by atoms with van der Waals surface area (Å²) in [6, 6.07) is 8.98. The Morgan fingerprint density at radius 3 is 2.74 bits per heavy atom. The standard InChI is InChI=1S/C13H16N4O2/c1-3-9(2)14-12(18)11-15-13(19)17(16-11)10-7-5-4-6-8-10/h4-9H,3H2,1-2H3,(H,14,18)(H,15,16,19). The number of carbonyl (C=O) groups is 1. The Morgan fingerprint density at radius 2 is 2.11 bits per heavy atom. The molecule has 19 heavy (non-hydrogen) atoms. The summed E-state index contributed by atoms with van der Waals surface area (Å²) in [7, 11) is 0. The van der Waals surface area contributed by atoms with Crippen LogP contribution in [0.2, 0.25) is 0 Å². The van der Waals surface area contributed by atoms with Crippen molar-refractivity contribution in [2.45, 2.75) is 26.3 Å². The largest absolute Gasteiger partial charge is 0.348 e. The predicted octanol–water partition coefficient (Wildman–Crippen LogP) is 1.09. The van der Waals surface area contributed by atoms with Crippen LogP contribution in [0.25, 0.3) is 5.69 Å². The lowest BCUT2D eigenvalue weighted by molar-refractivity contribution is 0.0929. The van der Waals surface area contributed by atoms with Gasteiger partial charge >= 0.3 is 5.69 Å². The molecule has 0 fully saturated rings. The summed E-state index contributed by atoms with van der Waals surface area (Å²) in [5.41, 5.74) is 0.187. The number of hydrogen-bond donors (Lipinski definition) is 2. The van der Waals surface area contributed by atoms with E-state index in [1.165, 1.54) is 4.68 Å². The van der Waals surface area contributed by atoms with E-state index in [-0.39, 0.29) is 17.8 Å². The van der Waals surface area contributed by atoms with E-state index in [9.17, 15) is 9.59 Å². The molecule has 1 atom stereocenters. The zero-order chi connectivity index (χ0) is 13.8. The lowest BCUT2D eigenvalue weighted by Gasteiger charge is -2.08. The van der Waals surface area contributed by atoms with Crippen molar-refractivity contribution >= 4 is 5.91 Å². The van der Waals surface area contributed by atoms with E-state index in [1.807, 2.05) is 19.9 Å². The van der Waals surface area contributed by atoms with Gasteiger partial charge in [0.05, 0.1) is 5.69 Å². The lowest BCUT2D eigenvalue weighted by Crippen LogP contribution is -2.32. The Labute approximate surface area is 110 Å². The molecule has 6 nitrogen and oxygen atoms in total. The topological polar surface area (TPSA) is 79.8 Å². The van der Waals surface area contributed by atoms with Crippen molar-refractivity contribution in [2.24, 2.45) is 0 Å². The van der Waals surface area contributed by atoms with Crippen molar-refractivity contribution in [3.63, 3.8) is 0 Å². The van der Waals surface area contributed by atoms with Crippen LogP contribution < -0.4 is 11.0 Å². The summed E-state index contributed by atoms with van der Waals surface area (Å²) in [5.74, 6) is -0.352. The van der Waals surface area contributed by atoms with Gasteiger partial charge < -0.3 is 5.32 Å². The maximum absolute atomic E-state index is 11.9. The average Bonchev–Trinajstić information content (AvgIpc) is 2.82. The van der Waals surface area contributed by atoms with E-state index in [0.717, 1.165) is 6.42 Å². The van der Waals surface area contributed by atoms with Crippen LogP contribution in [0.4, 0.5) is 0 Å². The summed E-state index contributed by atoms with van der Waals surface area (Å²) < 4.78 is 1.17. The molecule has 6 heteroatoms. The van der Waals surface area contributed by atoms with Crippen LogP contribution in [0.1, 0.15) is 30.9 Å². The first-order chi connectivity index (χ1) is 9.11. The Balaban J connectivity index is 2.27.